The van der Waals surface area contributed by atoms with Crippen LogP contribution in [-0.2, 0) is 23.5 Å². The zero-order valence-electron chi connectivity index (χ0n) is 20.4. The fourth-order valence-corrected chi connectivity index (χ4v) is 7.90. The van der Waals surface area contributed by atoms with Crippen molar-refractivity contribution in [3.8, 4) is 5.69 Å². The molecule has 11 heteroatoms. The highest BCUT2D eigenvalue weighted by molar-refractivity contribution is 7.89. The van der Waals surface area contributed by atoms with E-state index in [0.717, 1.165) is 36.2 Å². The Balaban J connectivity index is 1.45. The van der Waals surface area contributed by atoms with Crippen molar-refractivity contribution in [1.82, 2.24) is 23.9 Å². The smallest absolute Gasteiger partial charge is 0.248 e. The summed E-state index contributed by atoms with van der Waals surface area (Å²) >= 11 is 6.31. The first kappa shape index (κ1) is 25.1. The first-order valence-corrected chi connectivity index (χ1v) is 13.7. The number of aliphatic hydroxyl groups is 1. The molecular formula is C25H29ClFN5O3S. The summed E-state index contributed by atoms with van der Waals surface area (Å²) in [5, 5.41) is 18.5. The molecule has 2 aliphatic rings. The van der Waals surface area contributed by atoms with E-state index in [1.165, 1.54) is 26.7 Å². The van der Waals surface area contributed by atoms with Gasteiger partial charge in [0.1, 0.15) is 15.9 Å². The van der Waals surface area contributed by atoms with Crippen molar-refractivity contribution in [2.45, 2.75) is 38.0 Å². The Morgan fingerprint density at radius 2 is 2.03 bits per heavy atom. The first-order valence-electron chi connectivity index (χ1n) is 11.9. The Hall–Kier alpha value is -2.53. The van der Waals surface area contributed by atoms with Gasteiger partial charge in [-0.05, 0) is 73.4 Å². The van der Waals surface area contributed by atoms with E-state index in [9.17, 15) is 17.9 Å². The van der Waals surface area contributed by atoms with Gasteiger partial charge in [-0.25, -0.2) is 17.5 Å². The molecule has 0 spiro atoms. The van der Waals surface area contributed by atoms with Gasteiger partial charge in [0.2, 0.25) is 10.0 Å². The first-order chi connectivity index (χ1) is 17.1. The molecule has 0 unspecified atom stereocenters. The number of benzene rings is 1. The number of allylic oxidation sites excluding steroid dienone is 1. The summed E-state index contributed by atoms with van der Waals surface area (Å²) in [6.07, 6.45) is 6.39. The van der Waals surface area contributed by atoms with Crippen molar-refractivity contribution in [2.75, 3.05) is 19.7 Å². The molecule has 0 amide bonds. The summed E-state index contributed by atoms with van der Waals surface area (Å²) in [7, 11) is -2.36. The predicted molar refractivity (Wildman–Crippen MR) is 135 cm³/mol. The van der Waals surface area contributed by atoms with Crippen molar-refractivity contribution < 1.29 is 17.9 Å². The van der Waals surface area contributed by atoms with E-state index in [0.29, 0.717) is 5.69 Å². The topological polar surface area (TPSA) is 93.2 Å². The summed E-state index contributed by atoms with van der Waals surface area (Å²) in [6.45, 7) is 3.75. The van der Waals surface area contributed by atoms with Gasteiger partial charge in [-0.2, -0.15) is 14.5 Å². The SMILES string of the molecule is Cc1nn(C)c(Cl)c1S(=O)(=O)N(CCO)C[C@H]1CCC2=Cc3c(cnn3-c3ccc(F)cc3)C[C@@]21C. The average Bonchev–Trinajstić information content (AvgIpc) is 3.45. The zero-order valence-corrected chi connectivity index (χ0v) is 22.0. The van der Waals surface area contributed by atoms with Crippen molar-refractivity contribution >= 4 is 27.7 Å². The zero-order chi connectivity index (χ0) is 25.8. The Morgan fingerprint density at radius 3 is 2.67 bits per heavy atom. The van der Waals surface area contributed by atoms with E-state index in [4.69, 9.17) is 11.6 Å². The van der Waals surface area contributed by atoms with Crippen LogP contribution in [0.25, 0.3) is 11.8 Å². The fourth-order valence-electron chi connectivity index (χ4n) is 5.71. The number of aromatic nitrogens is 4. The molecule has 192 valence electrons. The lowest BCUT2D eigenvalue weighted by molar-refractivity contribution is 0.194. The normalized spacial score (nSPS) is 21.5. The van der Waals surface area contributed by atoms with E-state index in [2.05, 4.69) is 23.2 Å². The second-order valence-corrected chi connectivity index (χ2v) is 12.1. The molecule has 2 aromatic heterocycles. The van der Waals surface area contributed by atoms with Crippen LogP contribution in [0.15, 0.2) is 40.9 Å². The lowest BCUT2D eigenvalue weighted by atomic mass is 9.70. The van der Waals surface area contributed by atoms with Crippen LogP contribution in [0.1, 0.15) is 36.7 Å². The molecule has 2 aliphatic carbocycles. The minimum Gasteiger partial charge on any atom is -0.395 e. The van der Waals surface area contributed by atoms with Gasteiger partial charge in [0.15, 0.2) is 0 Å². The molecule has 0 aliphatic heterocycles. The van der Waals surface area contributed by atoms with Crippen LogP contribution >= 0.6 is 11.6 Å². The van der Waals surface area contributed by atoms with Gasteiger partial charge in [0.25, 0.3) is 0 Å². The molecule has 2 atom stereocenters. The average molecular weight is 534 g/mol. The summed E-state index contributed by atoms with van der Waals surface area (Å²) in [6, 6.07) is 6.24. The monoisotopic (exact) mass is 533 g/mol. The third-order valence-electron chi connectivity index (χ3n) is 7.69. The van der Waals surface area contributed by atoms with Crippen molar-refractivity contribution in [3.63, 3.8) is 0 Å². The molecule has 3 aromatic rings. The number of sulfonamides is 1. The van der Waals surface area contributed by atoms with Crippen molar-refractivity contribution in [2.24, 2.45) is 18.4 Å². The predicted octanol–water partition coefficient (Wildman–Crippen LogP) is 3.75. The molecule has 1 N–H and O–H groups in total. The molecule has 36 heavy (non-hydrogen) atoms. The summed E-state index contributed by atoms with van der Waals surface area (Å²) < 4.78 is 45.2. The number of fused-ring (bicyclic) bond motifs is 2. The van der Waals surface area contributed by atoms with Crippen LogP contribution in [0.4, 0.5) is 4.39 Å². The van der Waals surface area contributed by atoms with Crippen LogP contribution in [0.2, 0.25) is 5.15 Å². The third kappa shape index (κ3) is 4.00. The molecule has 0 bridgehead atoms. The Morgan fingerprint density at radius 1 is 1.31 bits per heavy atom. The number of aliphatic hydroxyl groups excluding tert-OH is 1. The number of nitrogens with zero attached hydrogens (tertiary/aromatic N) is 5. The van der Waals surface area contributed by atoms with Crippen LogP contribution < -0.4 is 0 Å². The maximum atomic E-state index is 13.6. The number of halogens is 2. The summed E-state index contributed by atoms with van der Waals surface area (Å²) in [5.74, 6) is -0.252. The molecule has 0 radical (unpaired) electrons. The second-order valence-electron chi connectivity index (χ2n) is 9.86. The van der Waals surface area contributed by atoms with Crippen molar-refractivity contribution in [3.05, 3.63) is 64.0 Å². The highest BCUT2D eigenvalue weighted by Gasteiger charge is 2.47. The van der Waals surface area contributed by atoms with Gasteiger partial charge in [-0.1, -0.05) is 24.1 Å². The second kappa shape index (κ2) is 9.09. The maximum absolute atomic E-state index is 13.6. The van der Waals surface area contributed by atoms with Gasteiger partial charge in [-0.3, -0.25) is 4.68 Å². The van der Waals surface area contributed by atoms with Crippen LogP contribution in [-0.4, -0.2) is 57.1 Å². The lowest BCUT2D eigenvalue weighted by Gasteiger charge is -2.38. The number of aryl methyl sites for hydroxylation is 2. The molecule has 8 nitrogen and oxygen atoms in total. The summed E-state index contributed by atoms with van der Waals surface area (Å²) in [5.41, 5.74) is 4.17. The van der Waals surface area contributed by atoms with Gasteiger partial charge >= 0.3 is 0 Å². The molecule has 1 fully saturated rings. The third-order valence-corrected chi connectivity index (χ3v) is 10.3. The van der Waals surface area contributed by atoms with Gasteiger partial charge in [0.05, 0.1) is 29.9 Å². The largest absolute Gasteiger partial charge is 0.395 e. The molecule has 5 rings (SSSR count). The highest BCUT2D eigenvalue weighted by Crippen LogP contribution is 2.53. The minimum atomic E-state index is -3.96. The van der Waals surface area contributed by atoms with Gasteiger partial charge in [0, 0.05) is 20.1 Å². The Bertz CT molecular complexity index is 1450. The number of rotatable bonds is 7. The highest BCUT2D eigenvalue weighted by atomic mass is 35.5. The fraction of sp³-hybridized carbons (Fsp3) is 0.440. The summed E-state index contributed by atoms with van der Waals surface area (Å²) in [4.78, 5) is -0.00876. The van der Waals surface area contributed by atoms with Crippen molar-refractivity contribution in [1.29, 1.82) is 0 Å². The molecule has 1 aromatic carbocycles. The van der Waals surface area contributed by atoms with E-state index >= 15 is 0 Å². The molecular weight excluding hydrogens is 505 g/mol. The van der Waals surface area contributed by atoms with Gasteiger partial charge in [-0.15, -0.1) is 0 Å². The van der Waals surface area contributed by atoms with E-state index < -0.39 is 10.0 Å². The van der Waals surface area contributed by atoms with Gasteiger partial charge < -0.3 is 5.11 Å². The number of hydrogen-bond donors (Lipinski definition) is 1. The molecule has 2 heterocycles. The standard InChI is InChI=1S/C25H29ClFN5O3S/c1-16-23(24(26)30(3)29-16)36(34,35)31(10-11-33)15-19-5-4-18-12-22-17(13-25(18,19)2)14-28-32(22)21-8-6-20(27)7-9-21/h6-9,12,14,19,33H,4-5,10-11,13,15H2,1-3H3/t19-,25+/m1/s1. The lowest BCUT2D eigenvalue weighted by Crippen LogP contribution is -2.42. The Kier molecular flexibility index (Phi) is 6.35. The maximum Gasteiger partial charge on any atom is 0.248 e. The number of hydrogen-bond acceptors (Lipinski definition) is 5. The minimum absolute atomic E-state index is 0.00876. The Labute approximate surface area is 215 Å². The van der Waals surface area contributed by atoms with E-state index in [1.54, 1.807) is 26.1 Å². The van der Waals surface area contributed by atoms with Crippen LogP contribution in [0.5, 0.6) is 0 Å². The van der Waals surface area contributed by atoms with E-state index in [-0.39, 0.29) is 46.9 Å². The quantitative estimate of drug-likeness (QED) is 0.499. The molecule has 0 saturated heterocycles. The van der Waals surface area contributed by atoms with Crippen LogP contribution in [0.3, 0.4) is 0 Å². The molecule has 1 saturated carbocycles. The van der Waals surface area contributed by atoms with E-state index in [1.807, 2.05) is 10.9 Å². The van der Waals surface area contributed by atoms with Crippen LogP contribution in [0, 0.1) is 24.1 Å².